The predicted octanol–water partition coefficient (Wildman–Crippen LogP) is 4.67. The number of hydrogen-bond donors (Lipinski definition) is 3. The summed E-state index contributed by atoms with van der Waals surface area (Å²) in [4.78, 5) is 21.5. The molecule has 8 nitrogen and oxygen atoms in total. The van der Waals surface area contributed by atoms with E-state index in [0.717, 1.165) is 20.9 Å². The van der Waals surface area contributed by atoms with Crippen molar-refractivity contribution in [3.05, 3.63) is 46.9 Å². The number of nitrogens with zero attached hydrogens (tertiary/aromatic N) is 3. The number of carbonyl (C=O) groups is 1. The van der Waals surface area contributed by atoms with Crippen molar-refractivity contribution in [3.63, 3.8) is 0 Å². The zero-order valence-corrected chi connectivity index (χ0v) is 18.3. The minimum atomic E-state index is -0.633. The number of halogens is 1. The summed E-state index contributed by atoms with van der Waals surface area (Å²) in [5, 5.41) is 1.59. The van der Waals surface area contributed by atoms with E-state index in [4.69, 9.17) is 16.3 Å². The van der Waals surface area contributed by atoms with Gasteiger partial charge in [-0.05, 0) is 62.7 Å². The summed E-state index contributed by atoms with van der Waals surface area (Å²) in [6.45, 7) is 5.51. The molecule has 2 heterocycles. The number of nitrogen functional groups attached to an aromatic ring is 2. The lowest BCUT2D eigenvalue weighted by Gasteiger charge is -2.21. The van der Waals surface area contributed by atoms with E-state index in [2.05, 4.69) is 31.3 Å². The van der Waals surface area contributed by atoms with Gasteiger partial charge in [0.05, 0.1) is 16.7 Å². The standard InChI is InChI=1S/C21H21BrN6O2/c1-21(2,3)30-20(29)28-16-7-5-13(22)8-12(16)10-17(28)11-4-6-15-14(9-11)18(27-24)26-19(23)25-15/h4-10H,24H2,1-3H3,(H3,23,25,26,27). The lowest BCUT2D eigenvalue weighted by molar-refractivity contribution is 0.0547. The SMILES string of the molecule is CC(C)(C)OC(=O)n1c(-c2ccc3nc(N)nc(NN)c3c2)cc2cc(Br)ccc21. The molecule has 0 amide bonds. The Hall–Kier alpha value is -3.17. The molecule has 0 radical (unpaired) electrons. The minimum absolute atomic E-state index is 0.121. The van der Waals surface area contributed by atoms with Crippen molar-refractivity contribution >= 4 is 55.6 Å². The van der Waals surface area contributed by atoms with Crippen molar-refractivity contribution in [3.8, 4) is 11.3 Å². The number of carbonyl (C=O) groups excluding carboxylic acids is 1. The third-order valence-electron chi connectivity index (χ3n) is 4.49. The van der Waals surface area contributed by atoms with Crippen LogP contribution in [0.15, 0.2) is 46.9 Å². The summed E-state index contributed by atoms with van der Waals surface area (Å²) >= 11 is 3.49. The van der Waals surface area contributed by atoms with Crippen LogP contribution < -0.4 is 17.0 Å². The molecule has 2 aromatic carbocycles. The fourth-order valence-electron chi connectivity index (χ4n) is 3.32. The fraction of sp³-hybridized carbons (Fsp3) is 0.190. The lowest BCUT2D eigenvalue weighted by Crippen LogP contribution is -2.27. The highest BCUT2D eigenvalue weighted by Gasteiger charge is 2.23. The number of nitrogens with one attached hydrogen (secondary N) is 1. The van der Waals surface area contributed by atoms with Crippen LogP contribution in [0.4, 0.5) is 16.6 Å². The Kier molecular flexibility index (Phi) is 4.87. The lowest BCUT2D eigenvalue weighted by atomic mass is 10.1. The normalized spacial score (nSPS) is 11.8. The third-order valence-corrected chi connectivity index (χ3v) is 4.98. The van der Waals surface area contributed by atoms with Crippen LogP contribution in [0.2, 0.25) is 0 Å². The number of hydrazine groups is 1. The van der Waals surface area contributed by atoms with Gasteiger partial charge in [0.15, 0.2) is 5.82 Å². The summed E-state index contributed by atoms with van der Waals surface area (Å²) in [7, 11) is 0. The number of fused-ring (bicyclic) bond motifs is 2. The van der Waals surface area contributed by atoms with Crippen LogP contribution in [-0.2, 0) is 4.74 Å². The Morgan fingerprint density at radius 3 is 2.60 bits per heavy atom. The van der Waals surface area contributed by atoms with Crippen molar-refractivity contribution in [1.29, 1.82) is 0 Å². The Labute approximate surface area is 181 Å². The van der Waals surface area contributed by atoms with Crippen molar-refractivity contribution in [2.75, 3.05) is 11.2 Å². The molecular formula is C21H21BrN6O2. The van der Waals surface area contributed by atoms with Crippen LogP contribution in [0.1, 0.15) is 20.8 Å². The molecule has 154 valence electrons. The van der Waals surface area contributed by atoms with E-state index in [9.17, 15) is 4.79 Å². The average Bonchev–Trinajstić information content (AvgIpc) is 3.04. The predicted molar refractivity (Wildman–Crippen MR) is 122 cm³/mol. The van der Waals surface area contributed by atoms with Gasteiger partial charge in [-0.2, -0.15) is 4.98 Å². The van der Waals surface area contributed by atoms with Gasteiger partial charge in [-0.3, -0.25) is 0 Å². The Morgan fingerprint density at radius 1 is 1.13 bits per heavy atom. The summed E-state index contributed by atoms with van der Waals surface area (Å²) in [6, 6.07) is 13.2. The number of rotatable bonds is 2. The van der Waals surface area contributed by atoms with E-state index in [1.165, 1.54) is 0 Å². The number of hydrogen-bond acceptors (Lipinski definition) is 7. The largest absolute Gasteiger partial charge is 0.443 e. The van der Waals surface area contributed by atoms with E-state index in [1.54, 1.807) is 4.57 Å². The van der Waals surface area contributed by atoms with Gasteiger partial charge in [-0.25, -0.2) is 20.2 Å². The molecule has 0 saturated heterocycles. The molecule has 0 unspecified atom stereocenters. The van der Waals surface area contributed by atoms with Crippen LogP contribution in [0.5, 0.6) is 0 Å². The van der Waals surface area contributed by atoms with E-state index < -0.39 is 11.7 Å². The van der Waals surface area contributed by atoms with Gasteiger partial charge in [0, 0.05) is 15.2 Å². The first-order valence-electron chi connectivity index (χ1n) is 9.25. The first-order valence-corrected chi connectivity index (χ1v) is 10.0. The van der Waals surface area contributed by atoms with Gasteiger partial charge in [0.25, 0.3) is 0 Å². The summed E-state index contributed by atoms with van der Waals surface area (Å²) < 4.78 is 8.16. The monoisotopic (exact) mass is 468 g/mol. The summed E-state index contributed by atoms with van der Waals surface area (Å²) in [6.07, 6.45) is -0.458. The fourth-order valence-corrected chi connectivity index (χ4v) is 3.70. The van der Waals surface area contributed by atoms with Crippen LogP contribution in [-0.4, -0.2) is 26.2 Å². The van der Waals surface area contributed by atoms with Crippen LogP contribution in [0, 0.1) is 0 Å². The molecule has 0 atom stereocenters. The Balaban J connectivity index is 1.97. The number of ether oxygens (including phenoxy) is 1. The maximum atomic E-state index is 13.1. The summed E-state index contributed by atoms with van der Waals surface area (Å²) in [5.74, 6) is 6.14. The van der Waals surface area contributed by atoms with Crippen LogP contribution in [0.3, 0.4) is 0 Å². The molecule has 0 aliphatic heterocycles. The van der Waals surface area contributed by atoms with Gasteiger partial charge in [-0.1, -0.05) is 22.0 Å². The Morgan fingerprint density at radius 2 is 1.90 bits per heavy atom. The quantitative estimate of drug-likeness (QED) is 0.288. The Bertz CT molecular complexity index is 1290. The first kappa shape index (κ1) is 20.1. The molecule has 4 rings (SSSR count). The highest BCUT2D eigenvalue weighted by Crippen LogP contribution is 2.33. The second kappa shape index (κ2) is 7.26. The molecular weight excluding hydrogens is 448 g/mol. The molecule has 2 aromatic heterocycles. The maximum absolute atomic E-state index is 13.1. The molecule has 0 spiro atoms. The zero-order valence-electron chi connectivity index (χ0n) is 16.7. The van der Waals surface area contributed by atoms with Gasteiger partial charge < -0.3 is 15.9 Å². The number of benzene rings is 2. The zero-order chi connectivity index (χ0) is 21.6. The minimum Gasteiger partial charge on any atom is -0.443 e. The van der Waals surface area contributed by atoms with Crippen LogP contribution >= 0.6 is 15.9 Å². The van der Waals surface area contributed by atoms with Crippen molar-refractivity contribution < 1.29 is 9.53 Å². The van der Waals surface area contributed by atoms with Crippen molar-refractivity contribution in [2.24, 2.45) is 5.84 Å². The number of anilines is 2. The molecule has 0 aliphatic carbocycles. The first-order chi connectivity index (χ1) is 14.2. The smallest absolute Gasteiger partial charge is 0.419 e. The maximum Gasteiger partial charge on any atom is 0.419 e. The van der Waals surface area contributed by atoms with E-state index in [0.29, 0.717) is 22.4 Å². The summed E-state index contributed by atoms with van der Waals surface area (Å²) in [5.41, 5.74) is 10.5. The van der Waals surface area contributed by atoms with Crippen LogP contribution in [0.25, 0.3) is 33.1 Å². The van der Waals surface area contributed by atoms with Gasteiger partial charge in [-0.15, -0.1) is 0 Å². The molecule has 0 bridgehead atoms. The van der Waals surface area contributed by atoms with E-state index in [-0.39, 0.29) is 5.95 Å². The molecule has 4 aromatic rings. The van der Waals surface area contributed by atoms with Gasteiger partial charge >= 0.3 is 6.09 Å². The van der Waals surface area contributed by atoms with Gasteiger partial charge in [0.2, 0.25) is 5.95 Å². The molecule has 0 aliphatic rings. The number of nitrogens with two attached hydrogens (primary N) is 2. The topological polar surface area (TPSA) is 121 Å². The molecule has 0 fully saturated rings. The highest BCUT2D eigenvalue weighted by molar-refractivity contribution is 9.10. The molecule has 5 N–H and O–H groups in total. The second-order valence-electron chi connectivity index (χ2n) is 7.86. The molecule has 30 heavy (non-hydrogen) atoms. The van der Waals surface area contributed by atoms with E-state index in [1.807, 2.05) is 63.2 Å². The molecule has 9 heteroatoms. The van der Waals surface area contributed by atoms with E-state index >= 15 is 0 Å². The molecule has 0 saturated carbocycles. The third kappa shape index (κ3) is 3.69. The average molecular weight is 469 g/mol. The number of aromatic nitrogens is 3. The highest BCUT2D eigenvalue weighted by atomic mass is 79.9. The van der Waals surface area contributed by atoms with Crippen molar-refractivity contribution in [2.45, 2.75) is 26.4 Å². The van der Waals surface area contributed by atoms with Crippen molar-refractivity contribution in [1.82, 2.24) is 14.5 Å². The second-order valence-corrected chi connectivity index (χ2v) is 8.77. The van der Waals surface area contributed by atoms with Gasteiger partial charge in [0.1, 0.15) is 5.60 Å².